The van der Waals surface area contributed by atoms with Gasteiger partial charge < -0.3 is 20.4 Å². The molecule has 0 spiro atoms. The number of aromatic nitrogens is 3. The molecule has 0 fully saturated rings. The second-order valence-corrected chi connectivity index (χ2v) is 4.87. The summed E-state index contributed by atoms with van der Waals surface area (Å²) in [6.07, 6.45) is 0. The van der Waals surface area contributed by atoms with E-state index < -0.39 is 5.97 Å². The van der Waals surface area contributed by atoms with Crippen LogP contribution in [0.4, 0.5) is 0 Å². The molecule has 112 valence electrons. The molecule has 1 aromatic carbocycles. The molecule has 1 aromatic heterocycles. The molecule has 8 nitrogen and oxygen atoms in total. The number of hydrogen-bond acceptors (Lipinski definition) is 7. The van der Waals surface area contributed by atoms with E-state index >= 15 is 0 Å². The van der Waals surface area contributed by atoms with Crippen LogP contribution < -0.4 is 15.3 Å². The van der Waals surface area contributed by atoms with E-state index in [9.17, 15) is 4.79 Å². The van der Waals surface area contributed by atoms with Crippen molar-refractivity contribution in [2.24, 2.45) is 0 Å². The van der Waals surface area contributed by atoms with Gasteiger partial charge in [-0.25, -0.2) is 4.68 Å². The number of benzene rings is 1. The lowest BCUT2D eigenvalue weighted by Gasteiger charge is -2.09. The van der Waals surface area contributed by atoms with E-state index in [1.54, 1.807) is 25.3 Å². The number of nitrogen functional groups attached to an aromatic ring is 1. The fourth-order valence-electron chi connectivity index (χ4n) is 1.67. The molecule has 2 rings (SSSR count). The van der Waals surface area contributed by atoms with Gasteiger partial charge in [0.05, 0.1) is 25.5 Å². The number of thioether (sulfide) groups is 1. The number of aliphatic carboxylic acids is 1. The Balaban J connectivity index is 2.36. The summed E-state index contributed by atoms with van der Waals surface area (Å²) in [4.78, 5) is 10.6. The maximum Gasteiger partial charge on any atom is 0.313 e. The Bertz CT molecular complexity index is 659. The van der Waals surface area contributed by atoms with Crippen LogP contribution in [0.15, 0.2) is 23.4 Å². The van der Waals surface area contributed by atoms with E-state index in [0.717, 1.165) is 11.8 Å². The topological polar surface area (TPSA) is 112 Å². The van der Waals surface area contributed by atoms with Crippen molar-refractivity contribution >= 4 is 17.7 Å². The lowest BCUT2D eigenvalue weighted by molar-refractivity contribution is -0.133. The number of nitrogens with zero attached hydrogens (tertiary/aromatic N) is 3. The molecule has 0 aliphatic carbocycles. The predicted molar refractivity (Wildman–Crippen MR) is 77.1 cm³/mol. The zero-order valence-corrected chi connectivity index (χ0v) is 12.3. The summed E-state index contributed by atoms with van der Waals surface area (Å²) in [7, 11) is 3.08. The molecule has 0 saturated carbocycles. The molecule has 3 N–H and O–H groups in total. The highest BCUT2D eigenvalue weighted by molar-refractivity contribution is 7.99. The molecule has 0 saturated heterocycles. The average Bonchev–Trinajstić information content (AvgIpc) is 2.85. The lowest BCUT2D eigenvalue weighted by Crippen LogP contribution is -2.12. The van der Waals surface area contributed by atoms with Gasteiger partial charge in [0.1, 0.15) is 11.5 Å². The normalized spacial score (nSPS) is 10.4. The first-order valence-electron chi connectivity index (χ1n) is 5.84. The Morgan fingerprint density at radius 1 is 1.38 bits per heavy atom. The van der Waals surface area contributed by atoms with Gasteiger partial charge in [-0.1, -0.05) is 11.8 Å². The summed E-state index contributed by atoms with van der Waals surface area (Å²) in [5.74, 6) is 6.36. The third kappa shape index (κ3) is 3.19. The number of ether oxygens (including phenoxy) is 2. The quantitative estimate of drug-likeness (QED) is 0.596. The van der Waals surface area contributed by atoms with Gasteiger partial charge in [0.2, 0.25) is 5.16 Å². The highest BCUT2D eigenvalue weighted by Gasteiger charge is 2.17. The van der Waals surface area contributed by atoms with Crippen molar-refractivity contribution < 1.29 is 19.4 Å². The smallest absolute Gasteiger partial charge is 0.313 e. The van der Waals surface area contributed by atoms with Crippen molar-refractivity contribution in [3.63, 3.8) is 0 Å². The van der Waals surface area contributed by atoms with Gasteiger partial charge in [-0.05, 0) is 12.1 Å². The van der Waals surface area contributed by atoms with E-state index in [1.165, 1.54) is 11.8 Å². The van der Waals surface area contributed by atoms with Gasteiger partial charge in [0.15, 0.2) is 5.82 Å². The molecule has 0 unspecified atom stereocenters. The van der Waals surface area contributed by atoms with Crippen molar-refractivity contribution in [2.75, 3.05) is 25.8 Å². The first-order valence-corrected chi connectivity index (χ1v) is 6.83. The van der Waals surface area contributed by atoms with E-state index in [2.05, 4.69) is 10.2 Å². The predicted octanol–water partition coefficient (Wildman–Crippen LogP) is 0.853. The van der Waals surface area contributed by atoms with Gasteiger partial charge in [-0.15, -0.1) is 10.2 Å². The molecule has 0 radical (unpaired) electrons. The van der Waals surface area contributed by atoms with Crippen LogP contribution in [0.2, 0.25) is 0 Å². The highest BCUT2D eigenvalue weighted by Crippen LogP contribution is 2.32. The number of rotatable bonds is 6. The second-order valence-electron chi connectivity index (χ2n) is 3.92. The summed E-state index contributed by atoms with van der Waals surface area (Å²) < 4.78 is 11.6. The van der Waals surface area contributed by atoms with E-state index in [1.807, 2.05) is 0 Å². The largest absolute Gasteiger partial charge is 0.497 e. The average molecular weight is 310 g/mol. The van der Waals surface area contributed by atoms with E-state index in [4.69, 9.17) is 20.4 Å². The number of carbonyl (C=O) groups is 1. The first-order chi connectivity index (χ1) is 10.1. The van der Waals surface area contributed by atoms with E-state index in [0.29, 0.717) is 28.0 Å². The summed E-state index contributed by atoms with van der Waals surface area (Å²) in [5.41, 5.74) is 0.635. The zero-order chi connectivity index (χ0) is 15.4. The monoisotopic (exact) mass is 310 g/mol. The van der Waals surface area contributed by atoms with Crippen LogP contribution in [0, 0.1) is 0 Å². The van der Waals surface area contributed by atoms with Crippen LogP contribution in [0.25, 0.3) is 11.4 Å². The zero-order valence-electron chi connectivity index (χ0n) is 11.4. The molecule has 21 heavy (non-hydrogen) atoms. The van der Waals surface area contributed by atoms with Gasteiger partial charge in [-0.3, -0.25) is 4.79 Å². The minimum Gasteiger partial charge on any atom is -0.497 e. The molecule has 0 aliphatic heterocycles. The molecular weight excluding hydrogens is 296 g/mol. The third-order valence-electron chi connectivity index (χ3n) is 2.64. The first kappa shape index (κ1) is 15.0. The van der Waals surface area contributed by atoms with Crippen molar-refractivity contribution in [3.05, 3.63) is 18.2 Å². The van der Waals surface area contributed by atoms with Gasteiger partial charge in [0.25, 0.3) is 0 Å². The number of nitrogens with two attached hydrogens (primary N) is 1. The highest BCUT2D eigenvalue weighted by atomic mass is 32.2. The van der Waals surface area contributed by atoms with Crippen LogP contribution in [0.3, 0.4) is 0 Å². The summed E-state index contributed by atoms with van der Waals surface area (Å²) in [5, 5.41) is 16.9. The molecule has 9 heteroatoms. The van der Waals surface area contributed by atoms with Gasteiger partial charge in [-0.2, -0.15) is 0 Å². The van der Waals surface area contributed by atoms with Crippen LogP contribution in [0.1, 0.15) is 0 Å². The SMILES string of the molecule is COc1ccc(-c2nnc(SCC(=O)O)n2N)c(OC)c1. The summed E-state index contributed by atoms with van der Waals surface area (Å²) >= 11 is 0.991. The van der Waals surface area contributed by atoms with E-state index in [-0.39, 0.29) is 5.75 Å². The Kier molecular flexibility index (Phi) is 4.53. The van der Waals surface area contributed by atoms with Crippen LogP contribution in [-0.2, 0) is 4.79 Å². The summed E-state index contributed by atoms with van der Waals surface area (Å²) in [6, 6.07) is 5.20. The Hall–Kier alpha value is -2.42. The fraction of sp³-hybridized carbons (Fsp3) is 0.250. The number of carboxylic acids is 1. The minimum absolute atomic E-state index is 0.144. The molecule has 0 aliphatic rings. The maximum atomic E-state index is 10.6. The third-order valence-corrected chi connectivity index (χ3v) is 3.57. The minimum atomic E-state index is -0.952. The maximum absolute atomic E-state index is 10.6. The molecule has 2 aromatic rings. The molecule has 0 atom stereocenters. The van der Waals surface area contributed by atoms with Crippen molar-refractivity contribution in [3.8, 4) is 22.9 Å². The van der Waals surface area contributed by atoms with Gasteiger partial charge >= 0.3 is 5.97 Å². The summed E-state index contributed by atoms with van der Waals surface area (Å²) in [6.45, 7) is 0. The van der Waals surface area contributed by atoms with Crippen LogP contribution >= 0.6 is 11.8 Å². The fourth-order valence-corrected chi connectivity index (χ4v) is 2.25. The molecular formula is C12H14N4O4S. The van der Waals surface area contributed by atoms with Crippen molar-refractivity contribution in [2.45, 2.75) is 5.16 Å². The number of hydrogen-bond donors (Lipinski definition) is 2. The Labute approximate surface area is 124 Å². The number of methoxy groups -OCH3 is 2. The molecule has 0 bridgehead atoms. The lowest BCUT2D eigenvalue weighted by atomic mass is 10.2. The number of carboxylic acid groups (broad SMARTS) is 1. The second kappa shape index (κ2) is 6.35. The van der Waals surface area contributed by atoms with Crippen molar-refractivity contribution in [1.82, 2.24) is 14.9 Å². The Morgan fingerprint density at radius 3 is 2.76 bits per heavy atom. The molecule has 0 amide bonds. The van der Waals surface area contributed by atoms with Gasteiger partial charge in [0, 0.05) is 6.07 Å². The van der Waals surface area contributed by atoms with Crippen molar-refractivity contribution in [1.29, 1.82) is 0 Å². The molecule has 1 heterocycles. The van der Waals surface area contributed by atoms with Crippen LogP contribution in [-0.4, -0.2) is 45.9 Å². The van der Waals surface area contributed by atoms with Crippen LogP contribution in [0.5, 0.6) is 11.5 Å². The Morgan fingerprint density at radius 2 is 2.14 bits per heavy atom. The standard InChI is InChI=1S/C12H14N4O4S/c1-19-7-3-4-8(9(5-7)20-2)11-14-15-12(16(11)13)21-6-10(17)18/h3-5H,6,13H2,1-2H3,(H,17,18).